The molecule has 100 valence electrons. The number of hydrogen-bond donors (Lipinski definition) is 2. The molecule has 0 aliphatic heterocycles. The van der Waals surface area contributed by atoms with Crippen LogP contribution in [0.4, 0.5) is 4.39 Å². The molecule has 0 saturated heterocycles. The largest absolute Gasteiger partial charge is 0.496 e. The Morgan fingerprint density at radius 3 is 2.56 bits per heavy atom. The predicted molar refractivity (Wildman–Crippen MR) is 66.2 cm³/mol. The molecule has 1 aromatic carbocycles. The lowest BCUT2D eigenvalue weighted by molar-refractivity contribution is -0.145. The minimum atomic E-state index is -1.54. The van der Waals surface area contributed by atoms with Gasteiger partial charge in [0.1, 0.15) is 17.1 Å². The van der Waals surface area contributed by atoms with Gasteiger partial charge in [0, 0.05) is 6.04 Å². The average Bonchev–Trinajstić information content (AvgIpc) is 2.27. The van der Waals surface area contributed by atoms with Crippen molar-refractivity contribution in [2.45, 2.75) is 32.4 Å². The number of halogens is 1. The van der Waals surface area contributed by atoms with Crippen molar-refractivity contribution in [3.63, 3.8) is 0 Å². The minimum Gasteiger partial charge on any atom is -0.496 e. The zero-order valence-corrected chi connectivity index (χ0v) is 11.0. The number of carboxylic acids is 1. The fourth-order valence-electron chi connectivity index (χ4n) is 1.98. The molecule has 0 fully saturated rings. The van der Waals surface area contributed by atoms with E-state index in [1.807, 2.05) is 0 Å². The van der Waals surface area contributed by atoms with E-state index in [2.05, 4.69) is 5.32 Å². The Bertz CT molecular complexity index is 448. The summed E-state index contributed by atoms with van der Waals surface area (Å²) < 4.78 is 19.0. The standard InChI is InChI=1S/C13H18FNO3/c1-8(2)15-13(3,12(16)17)11-9(14)6-5-7-10(11)18-4/h5-8,15H,1-4H3,(H,16,17). The number of hydrogen-bond acceptors (Lipinski definition) is 3. The van der Waals surface area contributed by atoms with E-state index in [0.717, 1.165) is 0 Å². The van der Waals surface area contributed by atoms with Gasteiger partial charge in [0.2, 0.25) is 0 Å². The Kier molecular flexibility index (Phi) is 4.29. The van der Waals surface area contributed by atoms with E-state index in [1.165, 1.54) is 26.2 Å². The lowest BCUT2D eigenvalue weighted by Gasteiger charge is -2.30. The summed E-state index contributed by atoms with van der Waals surface area (Å²) in [4.78, 5) is 11.5. The number of aliphatic carboxylic acids is 1. The molecule has 0 aliphatic rings. The molecule has 18 heavy (non-hydrogen) atoms. The zero-order valence-electron chi connectivity index (χ0n) is 11.0. The highest BCUT2D eigenvalue weighted by Gasteiger charge is 2.40. The minimum absolute atomic E-state index is 0.00806. The van der Waals surface area contributed by atoms with Crippen LogP contribution in [0, 0.1) is 5.82 Å². The Morgan fingerprint density at radius 1 is 1.50 bits per heavy atom. The molecule has 1 atom stereocenters. The molecular formula is C13H18FNO3. The summed E-state index contributed by atoms with van der Waals surface area (Å²) in [7, 11) is 1.38. The molecule has 0 aliphatic carbocycles. The van der Waals surface area contributed by atoms with E-state index < -0.39 is 17.3 Å². The van der Waals surface area contributed by atoms with Crippen LogP contribution in [-0.4, -0.2) is 24.2 Å². The van der Waals surface area contributed by atoms with Crippen LogP contribution >= 0.6 is 0 Å². The molecule has 1 unspecified atom stereocenters. The van der Waals surface area contributed by atoms with Crippen molar-refractivity contribution < 1.29 is 19.0 Å². The Balaban J connectivity index is 3.43. The number of nitrogens with one attached hydrogen (secondary N) is 1. The van der Waals surface area contributed by atoms with Crippen molar-refractivity contribution in [1.29, 1.82) is 0 Å². The highest BCUT2D eigenvalue weighted by Crippen LogP contribution is 2.33. The normalized spacial score (nSPS) is 14.3. The molecule has 0 spiro atoms. The van der Waals surface area contributed by atoms with Gasteiger partial charge in [-0.3, -0.25) is 5.32 Å². The van der Waals surface area contributed by atoms with Crippen LogP contribution in [0.2, 0.25) is 0 Å². The van der Waals surface area contributed by atoms with E-state index in [9.17, 15) is 14.3 Å². The molecule has 2 N–H and O–H groups in total. The summed E-state index contributed by atoms with van der Waals surface area (Å²) >= 11 is 0. The van der Waals surface area contributed by atoms with Gasteiger partial charge in [0.05, 0.1) is 12.7 Å². The Hall–Kier alpha value is -1.62. The zero-order chi connectivity index (χ0) is 13.9. The summed E-state index contributed by atoms with van der Waals surface area (Å²) in [5.74, 6) is -1.54. The fourth-order valence-corrected chi connectivity index (χ4v) is 1.98. The van der Waals surface area contributed by atoms with Crippen LogP contribution in [0.1, 0.15) is 26.3 Å². The number of carboxylic acid groups (broad SMARTS) is 1. The van der Waals surface area contributed by atoms with E-state index in [0.29, 0.717) is 0 Å². The van der Waals surface area contributed by atoms with Gasteiger partial charge in [0.25, 0.3) is 0 Å². The topological polar surface area (TPSA) is 58.6 Å². The predicted octanol–water partition coefficient (Wildman–Crippen LogP) is 2.13. The summed E-state index contributed by atoms with van der Waals surface area (Å²) in [6.07, 6.45) is 0. The van der Waals surface area contributed by atoms with Crippen LogP contribution in [0.25, 0.3) is 0 Å². The smallest absolute Gasteiger partial charge is 0.328 e. The summed E-state index contributed by atoms with van der Waals surface area (Å²) in [6.45, 7) is 5.03. The summed E-state index contributed by atoms with van der Waals surface area (Å²) in [6, 6.07) is 4.13. The van der Waals surface area contributed by atoms with Gasteiger partial charge in [-0.15, -0.1) is 0 Å². The number of rotatable bonds is 5. The monoisotopic (exact) mass is 255 g/mol. The van der Waals surface area contributed by atoms with Crippen molar-refractivity contribution in [2.75, 3.05) is 7.11 Å². The van der Waals surface area contributed by atoms with Gasteiger partial charge >= 0.3 is 5.97 Å². The molecule has 1 aromatic rings. The fraction of sp³-hybridized carbons (Fsp3) is 0.462. The van der Waals surface area contributed by atoms with Gasteiger partial charge in [-0.25, -0.2) is 9.18 Å². The molecule has 4 nitrogen and oxygen atoms in total. The quantitative estimate of drug-likeness (QED) is 0.846. The van der Waals surface area contributed by atoms with Crippen LogP contribution < -0.4 is 10.1 Å². The highest BCUT2D eigenvalue weighted by molar-refractivity contribution is 5.81. The third-order valence-electron chi connectivity index (χ3n) is 2.70. The van der Waals surface area contributed by atoms with E-state index in [-0.39, 0.29) is 17.4 Å². The maximum absolute atomic E-state index is 14.0. The van der Waals surface area contributed by atoms with Gasteiger partial charge in [-0.1, -0.05) is 6.07 Å². The van der Waals surface area contributed by atoms with Crippen molar-refractivity contribution in [1.82, 2.24) is 5.32 Å². The SMILES string of the molecule is COc1cccc(F)c1C(C)(NC(C)C)C(=O)O. The Morgan fingerprint density at radius 2 is 2.11 bits per heavy atom. The van der Waals surface area contributed by atoms with Crippen molar-refractivity contribution in [3.8, 4) is 5.75 Å². The molecule has 0 heterocycles. The second-order valence-corrected chi connectivity index (χ2v) is 4.55. The Labute approximate surface area is 106 Å². The van der Waals surface area contributed by atoms with Gasteiger partial charge in [0.15, 0.2) is 0 Å². The molecular weight excluding hydrogens is 237 g/mol. The maximum atomic E-state index is 14.0. The lowest BCUT2D eigenvalue weighted by atomic mass is 9.89. The van der Waals surface area contributed by atoms with Gasteiger partial charge in [-0.05, 0) is 32.9 Å². The van der Waals surface area contributed by atoms with Crippen LogP contribution in [0.15, 0.2) is 18.2 Å². The number of ether oxygens (including phenoxy) is 1. The number of benzene rings is 1. The molecule has 0 saturated carbocycles. The highest BCUT2D eigenvalue weighted by atomic mass is 19.1. The van der Waals surface area contributed by atoms with Crippen molar-refractivity contribution >= 4 is 5.97 Å². The van der Waals surface area contributed by atoms with E-state index in [4.69, 9.17) is 4.74 Å². The van der Waals surface area contributed by atoms with E-state index in [1.54, 1.807) is 19.9 Å². The van der Waals surface area contributed by atoms with Crippen LogP contribution in [-0.2, 0) is 10.3 Å². The second kappa shape index (κ2) is 5.35. The van der Waals surface area contributed by atoms with Gasteiger partial charge < -0.3 is 9.84 Å². The number of methoxy groups -OCH3 is 1. The lowest BCUT2D eigenvalue weighted by Crippen LogP contribution is -2.50. The van der Waals surface area contributed by atoms with Gasteiger partial charge in [-0.2, -0.15) is 0 Å². The first-order valence-corrected chi connectivity index (χ1v) is 5.67. The van der Waals surface area contributed by atoms with Crippen LogP contribution in [0.5, 0.6) is 5.75 Å². The second-order valence-electron chi connectivity index (χ2n) is 4.55. The molecule has 0 amide bonds. The molecule has 0 aromatic heterocycles. The molecule has 1 rings (SSSR count). The van der Waals surface area contributed by atoms with Crippen molar-refractivity contribution in [2.24, 2.45) is 0 Å². The van der Waals surface area contributed by atoms with E-state index >= 15 is 0 Å². The van der Waals surface area contributed by atoms with Crippen molar-refractivity contribution in [3.05, 3.63) is 29.6 Å². The summed E-state index contributed by atoms with van der Waals surface area (Å²) in [5, 5.41) is 12.3. The number of carbonyl (C=O) groups is 1. The third kappa shape index (κ3) is 2.61. The average molecular weight is 255 g/mol. The first-order valence-electron chi connectivity index (χ1n) is 5.67. The molecule has 0 radical (unpaired) electrons. The molecule has 5 heteroatoms. The van der Waals surface area contributed by atoms with Crippen LogP contribution in [0.3, 0.4) is 0 Å². The molecule has 0 bridgehead atoms. The summed E-state index contributed by atoms with van der Waals surface area (Å²) in [5.41, 5.74) is -1.53. The third-order valence-corrected chi connectivity index (χ3v) is 2.70. The first kappa shape index (κ1) is 14.4. The maximum Gasteiger partial charge on any atom is 0.328 e. The first-order chi connectivity index (χ1) is 8.32.